The highest BCUT2D eigenvalue weighted by Crippen LogP contribution is 2.21. The topological polar surface area (TPSA) is 95.6 Å². The van der Waals surface area contributed by atoms with Gasteiger partial charge in [0.25, 0.3) is 0 Å². The molecule has 16 heavy (non-hydrogen) atoms. The van der Waals surface area contributed by atoms with Crippen LogP contribution in [0.1, 0.15) is 12.8 Å². The van der Waals surface area contributed by atoms with Crippen LogP contribution < -0.4 is 11.5 Å². The molecule has 0 saturated heterocycles. The van der Waals surface area contributed by atoms with Gasteiger partial charge in [0, 0.05) is 6.54 Å². The molecule has 0 fully saturated rings. The molecule has 2 aromatic heterocycles. The molecular formula is C9H13BrN6. The molecule has 0 unspecified atom stereocenters. The van der Waals surface area contributed by atoms with Gasteiger partial charge in [-0.25, -0.2) is 15.0 Å². The predicted molar refractivity (Wildman–Crippen MR) is 65.7 cm³/mol. The Morgan fingerprint density at radius 1 is 1.31 bits per heavy atom. The quantitative estimate of drug-likeness (QED) is 0.643. The number of rotatable bonds is 4. The number of hydrogen-bond acceptors (Lipinski definition) is 5. The van der Waals surface area contributed by atoms with Crippen LogP contribution in [0.15, 0.2) is 11.1 Å². The molecule has 2 aromatic rings. The summed E-state index contributed by atoms with van der Waals surface area (Å²) in [5.74, 6) is 0.406. The number of nitrogen functional groups attached to an aromatic ring is 1. The lowest BCUT2D eigenvalue weighted by atomic mass is 10.3. The van der Waals surface area contributed by atoms with E-state index in [4.69, 9.17) is 11.5 Å². The zero-order valence-corrected chi connectivity index (χ0v) is 10.3. The van der Waals surface area contributed by atoms with E-state index in [2.05, 4.69) is 30.9 Å². The van der Waals surface area contributed by atoms with E-state index in [1.807, 2.05) is 4.57 Å². The average Bonchev–Trinajstić information content (AvgIpc) is 2.58. The standard InChI is InChI=1S/C9H13BrN6/c10-9-15-6-7(12)13-5-14-8(6)16(9)4-2-1-3-11/h5H,1-4,11H2,(H2,12,13,14). The fourth-order valence-electron chi connectivity index (χ4n) is 1.54. The Bertz CT molecular complexity index is 494. The molecule has 2 heterocycles. The van der Waals surface area contributed by atoms with E-state index in [1.54, 1.807) is 0 Å². The first-order valence-electron chi connectivity index (χ1n) is 5.06. The molecule has 2 rings (SSSR count). The number of anilines is 1. The van der Waals surface area contributed by atoms with Crippen molar-refractivity contribution in [1.82, 2.24) is 19.5 Å². The first-order valence-corrected chi connectivity index (χ1v) is 5.85. The van der Waals surface area contributed by atoms with E-state index in [9.17, 15) is 0 Å². The van der Waals surface area contributed by atoms with Crippen LogP contribution in [0.5, 0.6) is 0 Å². The number of nitrogens with two attached hydrogens (primary N) is 2. The summed E-state index contributed by atoms with van der Waals surface area (Å²) >= 11 is 3.39. The van der Waals surface area contributed by atoms with E-state index in [1.165, 1.54) is 6.33 Å². The highest BCUT2D eigenvalue weighted by Gasteiger charge is 2.11. The minimum atomic E-state index is 0.406. The van der Waals surface area contributed by atoms with E-state index in [0.717, 1.165) is 29.8 Å². The van der Waals surface area contributed by atoms with Crippen molar-refractivity contribution in [2.24, 2.45) is 5.73 Å². The second kappa shape index (κ2) is 4.75. The number of aromatic nitrogens is 4. The molecule has 0 atom stereocenters. The largest absolute Gasteiger partial charge is 0.382 e. The van der Waals surface area contributed by atoms with E-state index in [-0.39, 0.29) is 0 Å². The molecule has 0 aliphatic carbocycles. The van der Waals surface area contributed by atoms with Crippen LogP contribution in [0.2, 0.25) is 0 Å². The summed E-state index contributed by atoms with van der Waals surface area (Å²) < 4.78 is 2.70. The Labute approximate surface area is 101 Å². The molecule has 0 bridgehead atoms. The number of imidazole rings is 1. The van der Waals surface area contributed by atoms with Gasteiger partial charge in [-0.15, -0.1) is 0 Å². The van der Waals surface area contributed by atoms with E-state index >= 15 is 0 Å². The summed E-state index contributed by atoms with van der Waals surface area (Å²) in [6, 6.07) is 0. The molecule has 0 radical (unpaired) electrons. The van der Waals surface area contributed by atoms with Gasteiger partial charge >= 0.3 is 0 Å². The maximum Gasteiger partial charge on any atom is 0.179 e. The molecule has 0 saturated carbocycles. The van der Waals surface area contributed by atoms with Crippen molar-refractivity contribution >= 4 is 32.9 Å². The molecule has 6 nitrogen and oxygen atoms in total. The molecule has 0 spiro atoms. The smallest absolute Gasteiger partial charge is 0.179 e. The van der Waals surface area contributed by atoms with Crippen molar-refractivity contribution < 1.29 is 0 Å². The highest BCUT2D eigenvalue weighted by molar-refractivity contribution is 9.10. The summed E-state index contributed by atoms with van der Waals surface area (Å²) in [5, 5.41) is 0. The molecule has 0 aromatic carbocycles. The van der Waals surface area contributed by atoms with Gasteiger partial charge in [0.2, 0.25) is 0 Å². The Hall–Kier alpha value is -1.21. The van der Waals surface area contributed by atoms with Gasteiger partial charge in [-0.3, -0.25) is 0 Å². The maximum absolute atomic E-state index is 5.73. The first kappa shape index (κ1) is 11.3. The first-order chi connectivity index (χ1) is 7.74. The van der Waals surface area contributed by atoms with Crippen molar-refractivity contribution in [3.05, 3.63) is 11.1 Å². The average molecular weight is 285 g/mol. The SMILES string of the molecule is NCCCCn1c(Br)nc2c(N)ncnc21. The van der Waals surface area contributed by atoms with Crippen LogP contribution in [-0.4, -0.2) is 26.1 Å². The number of aryl methyl sites for hydroxylation is 1. The monoisotopic (exact) mass is 284 g/mol. The van der Waals surface area contributed by atoms with Crippen LogP contribution >= 0.6 is 15.9 Å². The van der Waals surface area contributed by atoms with Crippen LogP contribution in [-0.2, 0) is 6.54 Å². The lowest BCUT2D eigenvalue weighted by Crippen LogP contribution is -2.04. The Kier molecular flexibility index (Phi) is 3.35. The Morgan fingerprint density at radius 2 is 2.12 bits per heavy atom. The van der Waals surface area contributed by atoms with Crippen LogP contribution in [0, 0.1) is 0 Å². The van der Waals surface area contributed by atoms with Crippen LogP contribution in [0.3, 0.4) is 0 Å². The molecular weight excluding hydrogens is 272 g/mol. The molecule has 0 aliphatic heterocycles. The zero-order valence-electron chi connectivity index (χ0n) is 8.73. The molecule has 0 aliphatic rings. The van der Waals surface area contributed by atoms with Crippen LogP contribution in [0.4, 0.5) is 5.82 Å². The van der Waals surface area contributed by atoms with Gasteiger partial charge in [0.1, 0.15) is 6.33 Å². The predicted octanol–water partition coefficient (Wildman–Crippen LogP) is 0.910. The minimum absolute atomic E-state index is 0.406. The number of fused-ring (bicyclic) bond motifs is 1. The van der Waals surface area contributed by atoms with Crippen molar-refractivity contribution in [2.75, 3.05) is 12.3 Å². The lowest BCUT2D eigenvalue weighted by molar-refractivity contribution is 0.614. The van der Waals surface area contributed by atoms with Crippen molar-refractivity contribution in [3.8, 4) is 0 Å². The highest BCUT2D eigenvalue weighted by atomic mass is 79.9. The third-order valence-corrected chi connectivity index (χ3v) is 2.95. The fourth-order valence-corrected chi connectivity index (χ4v) is 2.06. The molecule has 4 N–H and O–H groups in total. The summed E-state index contributed by atoms with van der Waals surface area (Å²) in [5.41, 5.74) is 12.6. The van der Waals surface area contributed by atoms with E-state index < -0.39 is 0 Å². The van der Waals surface area contributed by atoms with Gasteiger partial charge in [-0.1, -0.05) is 0 Å². The Morgan fingerprint density at radius 3 is 2.88 bits per heavy atom. The second-order valence-corrected chi connectivity index (χ2v) is 4.17. The number of nitrogens with zero attached hydrogens (tertiary/aromatic N) is 4. The number of unbranched alkanes of at least 4 members (excludes halogenated alkanes) is 1. The van der Waals surface area contributed by atoms with E-state index in [0.29, 0.717) is 17.9 Å². The lowest BCUT2D eigenvalue weighted by Gasteiger charge is -2.03. The fraction of sp³-hybridized carbons (Fsp3) is 0.444. The van der Waals surface area contributed by atoms with Gasteiger partial charge in [-0.05, 0) is 35.3 Å². The normalized spacial score (nSPS) is 11.1. The molecule has 0 amide bonds. The minimum Gasteiger partial charge on any atom is -0.382 e. The third-order valence-electron chi connectivity index (χ3n) is 2.35. The maximum atomic E-state index is 5.73. The summed E-state index contributed by atoms with van der Waals surface area (Å²) in [6.45, 7) is 1.52. The molecule has 7 heteroatoms. The van der Waals surface area contributed by atoms with Gasteiger partial charge in [0.05, 0.1) is 0 Å². The third kappa shape index (κ3) is 2.00. The second-order valence-electron chi connectivity index (χ2n) is 3.46. The zero-order chi connectivity index (χ0) is 11.5. The van der Waals surface area contributed by atoms with Crippen LogP contribution in [0.25, 0.3) is 11.2 Å². The summed E-state index contributed by atoms with van der Waals surface area (Å²) in [4.78, 5) is 12.4. The molecule has 86 valence electrons. The number of halogens is 1. The summed E-state index contributed by atoms with van der Waals surface area (Å²) in [6.07, 6.45) is 3.42. The van der Waals surface area contributed by atoms with Gasteiger partial charge in [-0.2, -0.15) is 0 Å². The van der Waals surface area contributed by atoms with Crippen molar-refractivity contribution in [3.63, 3.8) is 0 Å². The van der Waals surface area contributed by atoms with Gasteiger partial charge in [0.15, 0.2) is 21.7 Å². The van der Waals surface area contributed by atoms with Crippen molar-refractivity contribution in [2.45, 2.75) is 19.4 Å². The van der Waals surface area contributed by atoms with Crippen molar-refractivity contribution in [1.29, 1.82) is 0 Å². The summed E-state index contributed by atoms with van der Waals surface area (Å²) in [7, 11) is 0. The number of hydrogen-bond donors (Lipinski definition) is 2. The van der Waals surface area contributed by atoms with Gasteiger partial charge < -0.3 is 16.0 Å². The Balaban J connectivity index is 2.36.